The van der Waals surface area contributed by atoms with Crippen LogP contribution in [0.5, 0.6) is 0 Å². The number of ether oxygens (including phenoxy) is 1. The molecule has 21 heavy (non-hydrogen) atoms. The number of carbonyl (C=O) groups excluding carboxylic acids is 1. The molecule has 116 valence electrons. The Kier molecular flexibility index (Phi) is 7.19. The van der Waals surface area contributed by atoms with Crippen LogP contribution in [0.4, 0.5) is 0 Å². The Hall–Kier alpha value is -1.59. The maximum absolute atomic E-state index is 12.3. The van der Waals surface area contributed by atoms with E-state index in [1.54, 1.807) is 12.1 Å². The van der Waals surface area contributed by atoms with E-state index < -0.39 is 5.97 Å². The van der Waals surface area contributed by atoms with Gasteiger partial charge >= 0.3 is 5.97 Å². The molecule has 0 bridgehead atoms. The molecule has 6 heteroatoms. The lowest BCUT2D eigenvalue weighted by Crippen LogP contribution is -2.34. The van der Waals surface area contributed by atoms with Crippen LogP contribution in [-0.2, 0) is 14.3 Å². The number of benzene rings is 1. The summed E-state index contributed by atoms with van der Waals surface area (Å²) in [6, 6.07) is 7.24. The largest absolute Gasteiger partial charge is 0.480 e. The summed E-state index contributed by atoms with van der Waals surface area (Å²) in [5.74, 6) is -1.34. The smallest absolute Gasteiger partial charge is 0.329 e. The quantitative estimate of drug-likeness (QED) is 0.722. The fourth-order valence-corrected chi connectivity index (χ4v) is 2.25. The van der Waals surface area contributed by atoms with Crippen molar-refractivity contribution < 1.29 is 19.4 Å². The van der Waals surface area contributed by atoms with Crippen molar-refractivity contribution in [3.63, 3.8) is 0 Å². The van der Waals surface area contributed by atoms with E-state index in [9.17, 15) is 9.59 Å². The Bertz CT molecular complexity index is 490. The summed E-state index contributed by atoms with van der Waals surface area (Å²) in [6.45, 7) is 4.00. The molecule has 2 N–H and O–H groups in total. The van der Waals surface area contributed by atoms with E-state index in [1.165, 1.54) is 0 Å². The summed E-state index contributed by atoms with van der Waals surface area (Å²) in [7, 11) is 0. The molecule has 0 aromatic heterocycles. The second-order valence-electron chi connectivity index (χ2n) is 5.01. The monoisotopic (exact) mass is 313 g/mol. The summed E-state index contributed by atoms with van der Waals surface area (Å²) >= 11 is 5.97. The Labute approximate surface area is 129 Å². The van der Waals surface area contributed by atoms with Crippen molar-refractivity contribution in [2.45, 2.75) is 19.8 Å². The lowest BCUT2D eigenvalue weighted by molar-refractivity contribution is -0.142. The number of carboxylic acids is 1. The first-order chi connectivity index (χ1) is 9.91. The van der Waals surface area contributed by atoms with E-state index in [2.05, 4.69) is 5.32 Å². The van der Waals surface area contributed by atoms with Crippen molar-refractivity contribution >= 4 is 23.5 Å². The molecule has 0 radical (unpaired) electrons. The number of hydrogen-bond acceptors (Lipinski definition) is 3. The third-order valence-electron chi connectivity index (χ3n) is 2.93. The van der Waals surface area contributed by atoms with E-state index in [1.807, 2.05) is 26.0 Å². The van der Waals surface area contributed by atoms with Gasteiger partial charge in [-0.1, -0.05) is 37.6 Å². The van der Waals surface area contributed by atoms with Crippen molar-refractivity contribution in [1.29, 1.82) is 0 Å². The Morgan fingerprint density at radius 1 is 1.38 bits per heavy atom. The first-order valence-electron chi connectivity index (χ1n) is 6.74. The van der Waals surface area contributed by atoms with E-state index in [-0.39, 0.29) is 37.5 Å². The normalized spacial score (nSPS) is 12.2. The Morgan fingerprint density at radius 2 is 2.10 bits per heavy atom. The Balaban J connectivity index is 2.57. The van der Waals surface area contributed by atoms with Gasteiger partial charge in [0.2, 0.25) is 5.91 Å². The number of rotatable bonds is 8. The van der Waals surface area contributed by atoms with Crippen molar-refractivity contribution in [1.82, 2.24) is 5.32 Å². The van der Waals surface area contributed by atoms with Crippen LogP contribution in [0.3, 0.4) is 0 Å². The predicted octanol–water partition coefficient (Wildman–Crippen LogP) is 2.30. The lowest BCUT2D eigenvalue weighted by Gasteiger charge is -2.21. The fourth-order valence-electron chi connectivity index (χ4n) is 2.05. The van der Waals surface area contributed by atoms with Gasteiger partial charge < -0.3 is 15.2 Å². The van der Waals surface area contributed by atoms with Crippen LogP contribution < -0.4 is 5.32 Å². The van der Waals surface area contributed by atoms with Crippen molar-refractivity contribution in [2.24, 2.45) is 5.92 Å². The molecule has 1 amide bonds. The number of carbonyl (C=O) groups is 2. The minimum absolute atomic E-state index is 0.114. The van der Waals surface area contributed by atoms with Gasteiger partial charge in [-0.25, -0.2) is 4.79 Å². The molecule has 0 aliphatic carbocycles. The molecule has 1 unspecified atom stereocenters. The van der Waals surface area contributed by atoms with Crippen LogP contribution in [-0.4, -0.2) is 36.7 Å². The molecule has 0 heterocycles. The third-order valence-corrected chi connectivity index (χ3v) is 3.16. The second-order valence-corrected chi connectivity index (χ2v) is 5.45. The molecular formula is C15H20ClNO4. The van der Waals surface area contributed by atoms with Crippen molar-refractivity contribution in [2.75, 3.05) is 19.8 Å². The molecule has 0 aliphatic rings. The van der Waals surface area contributed by atoms with Crippen molar-refractivity contribution in [3.8, 4) is 0 Å². The summed E-state index contributed by atoms with van der Waals surface area (Å²) in [5, 5.41) is 11.8. The first-order valence-corrected chi connectivity index (χ1v) is 7.12. The lowest BCUT2D eigenvalue weighted by atomic mass is 9.87. The van der Waals surface area contributed by atoms with Gasteiger partial charge in [0.15, 0.2) is 0 Å². The number of amides is 1. The number of aliphatic carboxylic acids is 1. The minimum Gasteiger partial charge on any atom is -0.480 e. The van der Waals surface area contributed by atoms with Gasteiger partial charge in [0, 0.05) is 11.6 Å². The molecule has 0 aliphatic heterocycles. The van der Waals surface area contributed by atoms with E-state index in [0.717, 1.165) is 5.56 Å². The number of carboxylic acid groups (broad SMARTS) is 1. The van der Waals surface area contributed by atoms with Crippen molar-refractivity contribution in [3.05, 3.63) is 34.9 Å². The molecule has 1 aromatic rings. The molecule has 1 atom stereocenters. The number of hydrogen-bond donors (Lipinski definition) is 2. The standard InChI is InChI=1S/C15H20ClNO4/c1-10(2)14(11-4-3-5-12(16)8-11)15(20)17-6-7-21-9-13(18)19/h3-5,8,10,14H,6-7,9H2,1-2H3,(H,17,20)(H,18,19). The maximum Gasteiger partial charge on any atom is 0.329 e. The average Bonchev–Trinajstić information content (AvgIpc) is 2.37. The molecule has 0 spiro atoms. The summed E-state index contributed by atoms with van der Waals surface area (Å²) < 4.78 is 4.88. The van der Waals surface area contributed by atoms with Crippen LogP contribution >= 0.6 is 11.6 Å². The molecule has 1 aromatic carbocycles. The van der Waals surface area contributed by atoms with Gasteiger partial charge in [-0.3, -0.25) is 4.79 Å². The van der Waals surface area contributed by atoms with Gasteiger partial charge in [0.05, 0.1) is 12.5 Å². The highest BCUT2D eigenvalue weighted by Gasteiger charge is 2.23. The maximum atomic E-state index is 12.3. The number of nitrogens with one attached hydrogen (secondary N) is 1. The molecule has 0 saturated heterocycles. The van der Waals surface area contributed by atoms with E-state index in [0.29, 0.717) is 5.02 Å². The predicted molar refractivity (Wildman–Crippen MR) is 80.5 cm³/mol. The summed E-state index contributed by atoms with van der Waals surface area (Å²) in [4.78, 5) is 22.6. The fraction of sp³-hybridized carbons (Fsp3) is 0.467. The van der Waals surface area contributed by atoms with Crippen LogP contribution in [0.1, 0.15) is 25.3 Å². The molecule has 0 saturated carbocycles. The van der Waals surface area contributed by atoms with E-state index >= 15 is 0 Å². The third kappa shape index (κ3) is 6.14. The minimum atomic E-state index is -1.03. The van der Waals surface area contributed by atoms with Gasteiger partial charge in [-0.15, -0.1) is 0 Å². The summed E-state index contributed by atoms with van der Waals surface area (Å²) in [6.07, 6.45) is 0. The van der Waals surface area contributed by atoms with Crippen LogP contribution in [0.25, 0.3) is 0 Å². The number of halogens is 1. The van der Waals surface area contributed by atoms with Crippen LogP contribution in [0.2, 0.25) is 5.02 Å². The first kappa shape index (κ1) is 17.5. The second kappa shape index (κ2) is 8.64. The van der Waals surface area contributed by atoms with Crippen LogP contribution in [0, 0.1) is 5.92 Å². The van der Waals surface area contributed by atoms with Gasteiger partial charge in [0.1, 0.15) is 6.61 Å². The highest BCUT2D eigenvalue weighted by molar-refractivity contribution is 6.30. The molecular weight excluding hydrogens is 294 g/mol. The summed E-state index contributed by atoms with van der Waals surface area (Å²) in [5.41, 5.74) is 0.862. The zero-order valence-corrected chi connectivity index (χ0v) is 12.9. The zero-order chi connectivity index (χ0) is 15.8. The molecule has 0 fully saturated rings. The highest BCUT2D eigenvalue weighted by atomic mass is 35.5. The van der Waals surface area contributed by atoms with Gasteiger partial charge in [-0.2, -0.15) is 0 Å². The topological polar surface area (TPSA) is 75.6 Å². The zero-order valence-electron chi connectivity index (χ0n) is 12.1. The van der Waals surface area contributed by atoms with E-state index in [4.69, 9.17) is 21.4 Å². The van der Waals surface area contributed by atoms with Crippen LogP contribution in [0.15, 0.2) is 24.3 Å². The average molecular weight is 314 g/mol. The van der Waals surface area contributed by atoms with Gasteiger partial charge in [-0.05, 0) is 23.6 Å². The molecule has 5 nitrogen and oxygen atoms in total. The van der Waals surface area contributed by atoms with Gasteiger partial charge in [0.25, 0.3) is 0 Å². The molecule has 1 rings (SSSR count). The SMILES string of the molecule is CC(C)C(C(=O)NCCOCC(=O)O)c1cccc(Cl)c1. The highest BCUT2D eigenvalue weighted by Crippen LogP contribution is 2.26. The Morgan fingerprint density at radius 3 is 2.67 bits per heavy atom.